The number of aromatic nitrogens is 3. The second-order valence-electron chi connectivity index (χ2n) is 5.38. The van der Waals surface area contributed by atoms with Crippen LogP contribution >= 0.6 is 11.6 Å². The van der Waals surface area contributed by atoms with E-state index < -0.39 is 0 Å². The zero-order valence-electron chi connectivity index (χ0n) is 13.4. The highest BCUT2D eigenvalue weighted by molar-refractivity contribution is 6.31. The maximum Gasteiger partial charge on any atom is 0.243 e. The Bertz CT molecular complexity index is 867. The van der Waals surface area contributed by atoms with Crippen LogP contribution in [0.25, 0.3) is 5.69 Å². The van der Waals surface area contributed by atoms with E-state index in [0.29, 0.717) is 16.4 Å². The molecule has 0 saturated carbocycles. The van der Waals surface area contributed by atoms with E-state index in [1.165, 1.54) is 29.5 Å². The molecule has 0 radical (unpaired) electrons. The summed E-state index contributed by atoms with van der Waals surface area (Å²) in [7, 11) is 1.75. The van der Waals surface area contributed by atoms with Crippen molar-refractivity contribution >= 4 is 28.9 Å². The fraction of sp³-hybridized carbons (Fsp3) is 0.118. The number of carbonyl (C=O) groups excluding carboxylic acids is 1. The van der Waals surface area contributed by atoms with Gasteiger partial charge in [-0.1, -0.05) is 11.6 Å². The summed E-state index contributed by atoms with van der Waals surface area (Å²) in [6.45, 7) is 0.0922. The molecule has 1 heterocycles. The fourth-order valence-corrected chi connectivity index (χ4v) is 2.50. The van der Waals surface area contributed by atoms with Crippen molar-refractivity contribution in [3.05, 3.63) is 66.0 Å². The molecule has 0 bridgehead atoms. The molecule has 0 spiro atoms. The first-order valence-electron chi connectivity index (χ1n) is 7.44. The summed E-state index contributed by atoms with van der Waals surface area (Å²) in [6.07, 6.45) is 2.94. The summed E-state index contributed by atoms with van der Waals surface area (Å²) in [4.78, 5) is 18.0. The number of nitrogens with one attached hydrogen (secondary N) is 1. The molecule has 3 aromatic rings. The SMILES string of the molecule is CN(CC(=O)Nc1cc(Cl)ccc1-n1cncn1)c1ccc(F)cc1. The molecule has 1 amide bonds. The van der Waals surface area contributed by atoms with Crippen molar-refractivity contribution in [3.8, 4) is 5.69 Å². The van der Waals surface area contributed by atoms with Crippen LogP contribution in [0.5, 0.6) is 0 Å². The van der Waals surface area contributed by atoms with E-state index in [-0.39, 0.29) is 18.3 Å². The minimum atomic E-state index is -0.321. The second kappa shape index (κ2) is 7.31. The monoisotopic (exact) mass is 359 g/mol. The molecule has 0 aliphatic rings. The minimum absolute atomic E-state index is 0.0922. The number of benzene rings is 2. The first kappa shape index (κ1) is 16.9. The Labute approximate surface area is 148 Å². The molecule has 0 unspecified atom stereocenters. The van der Waals surface area contributed by atoms with Crippen LogP contribution in [0.2, 0.25) is 5.02 Å². The Hall–Kier alpha value is -2.93. The molecule has 128 valence electrons. The molecule has 0 aliphatic heterocycles. The smallest absolute Gasteiger partial charge is 0.243 e. The van der Waals surface area contributed by atoms with Crippen LogP contribution in [0.4, 0.5) is 15.8 Å². The van der Waals surface area contributed by atoms with E-state index in [1.54, 1.807) is 42.3 Å². The number of hydrogen-bond acceptors (Lipinski definition) is 4. The van der Waals surface area contributed by atoms with Gasteiger partial charge in [-0.3, -0.25) is 4.79 Å². The van der Waals surface area contributed by atoms with Crippen molar-refractivity contribution in [1.82, 2.24) is 14.8 Å². The van der Waals surface area contributed by atoms with E-state index in [9.17, 15) is 9.18 Å². The van der Waals surface area contributed by atoms with E-state index in [1.807, 2.05) is 0 Å². The normalized spacial score (nSPS) is 10.5. The maximum atomic E-state index is 13.0. The van der Waals surface area contributed by atoms with Gasteiger partial charge >= 0.3 is 0 Å². The number of halogens is 2. The van der Waals surface area contributed by atoms with Gasteiger partial charge in [0.25, 0.3) is 0 Å². The molecule has 0 atom stereocenters. The molecular formula is C17H15ClFN5O. The Kier molecular flexibility index (Phi) is 4.95. The molecule has 0 aliphatic carbocycles. The van der Waals surface area contributed by atoms with Crippen molar-refractivity contribution in [2.45, 2.75) is 0 Å². The molecule has 0 fully saturated rings. The summed E-state index contributed by atoms with van der Waals surface area (Å²) in [6, 6.07) is 11.0. The Morgan fingerprint density at radius 1 is 1.28 bits per heavy atom. The van der Waals surface area contributed by atoms with Crippen LogP contribution in [0, 0.1) is 5.82 Å². The first-order valence-corrected chi connectivity index (χ1v) is 7.82. The van der Waals surface area contributed by atoms with Gasteiger partial charge < -0.3 is 10.2 Å². The Morgan fingerprint density at radius 2 is 2.04 bits per heavy atom. The van der Waals surface area contributed by atoms with Gasteiger partial charge in [0.15, 0.2) is 0 Å². The molecule has 1 N–H and O–H groups in total. The molecule has 1 aromatic heterocycles. The van der Waals surface area contributed by atoms with Crippen LogP contribution in [-0.4, -0.2) is 34.3 Å². The predicted octanol–water partition coefficient (Wildman–Crippen LogP) is 3.13. The lowest BCUT2D eigenvalue weighted by Crippen LogP contribution is -2.30. The molecular weight excluding hydrogens is 345 g/mol. The lowest BCUT2D eigenvalue weighted by atomic mass is 10.2. The second-order valence-corrected chi connectivity index (χ2v) is 5.82. The van der Waals surface area contributed by atoms with Crippen molar-refractivity contribution in [1.29, 1.82) is 0 Å². The lowest BCUT2D eigenvalue weighted by Gasteiger charge is -2.19. The van der Waals surface area contributed by atoms with E-state index in [2.05, 4.69) is 15.4 Å². The molecule has 6 nitrogen and oxygen atoms in total. The van der Waals surface area contributed by atoms with Gasteiger partial charge in [0.1, 0.15) is 18.5 Å². The summed E-state index contributed by atoms with van der Waals surface area (Å²) in [5.41, 5.74) is 1.91. The molecule has 8 heteroatoms. The maximum absolute atomic E-state index is 13.0. The van der Waals surface area contributed by atoms with Gasteiger partial charge in [0.05, 0.1) is 17.9 Å². The van der Waals surface area contributed by atoms with Crippen LogP contribution in [0.15, 0.2) is 55.1 Å². The summed E-state index contributed by atoms with van der Waals surface area (Å²) < 4.78 is 14.5. The third kappa shape index (κ3) is 4.13. The highest BCUT2D eigenvalue weighted by Gasteiger charge is 2.12. The standard InChI is InChI=1S/C17H15ClFN5O/c1-23(14-5-3-13(19)4-6-14)9-17(25)22-15-8-12(18)2-7-16(15)24-11-20-10-21-24/h2-8,10-11H,9H2,1H3,(H,22,25). The van der Waals surface area contributed by atoms with E-state index in [0.717, 1.165) is 5.69 Å². The summed E-state index contributed by atoms with van der Waals surface area (Å²) in [5.74, 6) is -0.562. The van der Waals surface area contributed by atoms with Gasteiger partial charge in [-0.2, -0.15) is 5.10 Å². The molecule has 25 heavy (non-hydrogen) atoms. The summed E-state index contributed by atoms with van der Waals surface area (Å²) >= 11 is 6.04. The number of hydrogen-bond donors (Lipinski definition) is 1. The van der Waals surface area contributed by atoms with Crippen molar-refractivity contribution in [3.63, 3.8) is 0 Å². The Balaban J connectivity index is 1.74. The highest BCUT2D eigenvalue weighted by atomic mass is 35.5. The third-order valence-corrected chi connectivity index (χ3v) is 3.78. The van der Waals surface area contributed by atoms with Crippen LogP contribution < -0.4 is 10.2 Å². The molecule has 2 aromatic carbocycles. The van der Waals surface area contributed by atoms with Crippen molar-refractivity contribution in [2.75, 3.05) is 23.8 Å². The van der Waals surface area contributed by atoms with Gasteiger partial charge in [0.2, 0.25) is 5.91 Å². The van der Waals surface area contributed by atoms with Crippen LogP contribution in [-0.2, 0) is 4.79 Å². The van der Waals surface area contributed by atoms with Crippen molar-refractivity contribution in [2.24, 2.45) is 0 Å². The number of carbonyl (C=O) groups is 1. The quantitative estimate of drug-likeness (QED) is 0.760. The van der Waals surface area contributed by atoms with Crippen molar-refractivity contribution < 1.29 is 9.18 Å². The van der Waals surface area contributed by atoms with Gasteiger partial charge in [-0.05, 0) is 42.5 Å². The fourth-order valence-electron chi connectivity index (χ4n) is 2.33. The van der Waals surface area contributed by atoms with E-state index >= 15 is 0 Å². The largest absolute Gasteiger partial charge is 0.365 e. The average Bonchev–Trinajstić information content (AvgIpc) is 3.09. The number of likely N-dealkylation sites (N-methyl/N-ethyl adjacent to an activating group) is 1. The zero-order chi connectivity index (χ0) is 17.8. The van der Waals surface area contributed by atoms with Crippen LogP contribution in [0.3, 0.4) is 0 Å². The molecule has 3 rings (SSSR count). The minimum Gasteiger partial charge on any atom is -0.365 e. The average molecular weight is 360 g/mol. The van der Waals surface area contributed by atoms with E-state index in [4.69, 9.17) is 11.6 Å². The molecule has 0 saturated heterocycles. The Morgan fingerprint density at radius 3 is 2.72 bits per heavy atom. The topological polar surface area (TPSA) is 63.1 Å². The van der Waals surface area contributed by atoms with Gasteiger partial charge in [-0.15, -0.1) is 0 Å². The number of amides is 1. The number of anilines is 2. The van der Waals surface area contributed by atoms with Crippen LogP contribution in [0.1, 0.15) is 0 Å². The van der Waals surface area contributed by atoms with Gasteiger partial charge in [0, 0.05) is 17.8 Å². The first-order chi connectivity index (χ1) is 12.0. The zero-order valence-corrected chi connectivity index (χ0v) is 14.1. The summed E-state index contributed by atoms with van der Waals surface area (Å²) in [5, 5.41) is 7.38. The number of rotatable bonds is 5. The van der Waals surface area contributed by atoms with Gasteiger partial charge in [-0.25, -0.2) is 14.1 Å². The number of nitrogens with zero attached hydrogens (tertiary/aromatic N) is 4. The lowest BCUT2D eigenvalue weighted by molar-refractivity contribution is -0.114. The third-order valence-electron chi connectivity index (χ3n) is 3.55. The predicted molar refractivity (Wildman–Crippen MR) is 94.7 cm³/mol. The highest BCUT2D eigenvalue weighted by Crippen LogP contribution is 2.24.